The van der Waals surface area contributed by atoms with Gasteiger partial charge < -0.3 is 5.11 Å². The first-order valence-corrected chi connectivity index (χ1v) is 4.13. The average molecular weight is 268 g/mol. The molecule has 0 aliphatic carbocycles. The Kier molecular flexibility index (Phi) is 7.87. The molecule has 72 valence electrons. The Balaban J connectivity index is 0.000000227. The molecule has 0 saturated heterocycles. The van der Waals surface area contributed by atoms with Gasteiger partial charge in [0, 0.05) is 21.1 Å². The number of rotatable bonds is 0. The van der Waals surface area contributed by atoms with Crippen molar-refractivity contribution in [1.29, 1.82) is 0 Å². The van der Waals surface area contributed by atoms with Crippen LogP contribution in [0.4, 0.5) is 0 Å². The maximum Gasteiger partial charge on any atom is 0.115 e. The van der Waals surface area contributed by atoms with Gasteiger partial charge in [-0.05, 0) is 12.1 Å². The number of hydrogen-bond acceptors (Lipinski definition) is 1. The molecule has 0 aromatic heterocycles. The third-order valence-corrected chi connectivity index (χ3v) is 1.42. The van der Waals surface area contributed by atoms with Crippen LogP contribution >= 0.6 is 0 Å². The second-order valence-electron chi connectivity index (χ2n) is 2.49. The Hall–Kier alpha value is -1.07. The van der Waals surface area contributed by atoms with E-state index in [4.69, 9.17) is 5.11 Å². The van der Waals surface area contributed by atoms with E-state index >= 15 is 0 Å². The van der Waals surface area contributed by atoms with Crippen molar-refractivity contribution in [3.05, 3.63) is 66.7 Å². The van der Waals surface area contributed by atoms with E-state index in [-0.39, 0.29) is 21.1 Å². The summed E-state index contributed by atoms with van der Waals surface area (Å²) in [6.07, 6.45) is 0. The van der Waals surface area contributed by atoms with Gasteiger partial charge in [0.05, 0.1) is 0 Å². The molecule has 2 aromatic carbocycles. The van der Waals surface area contributed by atoms with Crippen LogP contribution in [-0.2, 0) is 21.1 Å². The molecule has 0 unspecified atom stereocenters. The Bertz CT molecular complexity index is 281. The molecule has 0 bridgehead atoms. The normalized spacial score (nSPS) is 7.71. The van der Waals surface area contributed by atoms with E-state index in [1.165, 1.54) is 0 Å². The van der Waals surface area contributed by atoms with E-state index in [0.717, 1.165) is 0 Å². The van der Waals surface area contributed by atoms with Gasteiger partial charge in [0.1, 0.15) is 5.75 Å². The number of aromatic hydroxyl groups is 1. The Morgan fingerprint density at radius 1 is 0.571 bits per heavy atom. The van der Waals surface area contributed by atoms with Gasteiger partial charge >= 0.3 is 0 Å². The first kappa shape index (κ1) is 12.9. The maximum atomic E-state index is 8.63. The van der Waals surface area contributed by atoms with Gasteiger partial charge in [-0.3, -0.25) is 0 Å². The minimum atomic E-state index is 0. The molecule has 0 aliphatic rings. The summed E-state index contributed by atoms with van der Waals surface area (Å²) in [6.45, 7) is 0. The van der Waals surface area contributed by atoms with Crippen molar-refractivity contribution >= 4 is 0 Å². The predicted octanol–water partition coefficient (Wildman–Crippen LogP) is 3.08. The van der Waals surface area contributed by atoms with E-state index in [2.05, 4.69) is 0 Å². The van der Waals surface area contributed by atoms with Crippen LogP contribution in [0.5, 0.6) is 5.75 Å². The fourth-order valence-electron chi connectivity index (χ4n) is 0.813. The Labute approximate surface area is 98.7 Å². The van der Waals surface area contributed by atoms with Crippen molar-refractivity contribution in [3.8, 4) is 5.75 Å². The van der Waals surface area contributed by atoms with Crippen LogP contribution in [-0.4, -0.2) is 5.11 Å². The molecule has 2 aromatic rings. The summed E-state index contributed by atoms with van der Waals surface area (Å²) in [6, 6.07) is 20.7. The zero-order valence-electron chi connectivity index (χ0n) is 7.71. The summed E-state index contributed by atoms with van der Waals surface area (Å²) in [7, 11) is 0. The molecule has 0 aliphatic heterocycles. The van der Waals surface area contributed by atoms with E-state index in [1.807, 2.05) is 42.5 Å². The topological polar surface area (TPSA) is 20.2 Å². The van der Waals surface area contributed by atoms with E-state index in [0.29, 0.717) is 5.75 Å². The molecular formula is C12H12MoO. The van der Waals surface area contributed by atoms with Gasteiger partial charge in [-0.15, -0.1) is 0 Å². The fraction of sp³-hybridized carbons (Fsp3) is 0. The number of phenols is 1. The van der Waals surface area contributed by atoms with E-state index in [1.54, 1.807) is 24.3 Å². The summed E-state index contributed by atoms with van der Waals surface area (Å²) in [4.78, 5) is 0. The second-order valence-corrected chi connectivity index (χ2v) is 2.49. The summed E-state index contributed by atoms with van der Waals surface area (Å²) < 4.78 is 0. The van der Waals surface area contributed by atoms with Gasteiger partial charge in [0.25, 0.3) is 0 Å². The average Bonchev–Trinajstić information content (AvgIpc) is 2.22. The van der Waals surface area contributed by atoms with E-state index in [9.17, 15) is 0 Å². The van der Waals surface area contributed by atoms with Gasteiger partial charge in [-0.1, -0.05) is 54.6 Å². The molecule has 0 saturated carbocycles. The van der Waals surface area contributed by atoms with Crippen molar-refractivity contribution in [2.24, 2.45) is 0 Å². The van der Waals surface area contributed by atoms with Crippen LogP contribution in [0.25, 0.3) is 0 Å². The number of para-hydroxylation sites is 1. The maximum absolute atomic E-state index is 8.63. The molecule has 14 heavy (non-hydrogen) atoms. The summed E-state index contributed by atoms with van der Waals surface area (Å²) in [5.41, 5.74) is 0. The molecule has 0 amide bonds. The van der Waals surface area contributed by atoms with E-state index < -0.39 is 0 Å². The summed E-state index contributed by atoms with van der Waals surface area (Å²) in [5, 5.41) is 8.63. The smallest absolute Gasteiger partial charge is 0.115 e. The first-order valence-electron chi connectivity index (χ1n) is 4.13. The third-order valence-electron chi connectivity index (χ3n) is 1.42. The van der Waals surface area contributed by atoms with Gasteiger partial charge in [-0.2, -0.15) is 0 Å². The van der Waals surface area contributed by atoms with Crippen LogP contribution in [0.2, 0.25) is 0 Å². The molecular weight excluding hydrogens is 256 g/mol. The van der Waals surface area contributed by atoms with Crippen LogP contribution in [0.1, 0.15) is 0 Å². The molecule has 2 rings (SSSR count). The van der Waals surface area contributed by atoms with Crippen molar-refractivity contribution in [1.82, 2.24) is 0 Å². The molecule has 0 atom stereocenters. The van der Waals surface area contributed by atoms with Crippen LogP contribution in [0.3, 0.4) is 0 Å². The van der Waals surface area contributed by atoms with Crippen molar-refractivity contribution in [3.63, 3.8) is 0 Å². The first-order chi connectivity index (χ1) is 6.39. The minimum absolute atomic E-state index is 0. The minimum Gasteiger partial charge on any atom is -0.508 e. The standard InChI is InChI=1S/C6H6O.C6H6.Mo/c7-6-4-2-1-3-5-6;1-2-4-6-5-3-1;/h1-5,7H;1-6H;. The Morgan fingerprint density at radius 3 is 1.07 bits per heavy atom. The zero-order chi connectivity index (χ0) is 9.36. The molecule has 1 nitrogen and oxygen atoms in total. The van der Waals surface area contributed by atoms with Gasteiger partial charge in [-0.25, -0.2) is 0 Å². The second kappa shape index (κ2) is 8.52. The van der Waals surface area contributed by atoms with Crippen molar-refractivity contribution in [2.45, 2.75) is 0 Å². The molecule has 1 N–H and O–H groups in total. The van der Waals surface area contributed by atoms with Crippen LogP contribution in [0.15, 0.2) is 66.7 Å². The number of hydrogen-bond donors (Lipinski definition) is 1. The van der Waals surface area contributed by atoms with Crippen LogP contribution in [0, 0.1) is 0 Å². The van der Waals surface area contributed by atoms with Crippen molar-refractivity contribution in [2.75, 3.05) is 0 Å². The largest absolute Gasteiger partial charge is 0.508 e. The quantitative estimate of drug-likeness (QED) is 0.728. The third kappa shape index (κ3) is 6.44. The van der Waals surface area contributed by atoms with Crippen molar-refractivity contribution < 1.29 is 26.2 Å². The van der Waals surface area contributed by atoms with Gasteiger partial charge in [0.2, 0.25) is 0 Å². The SMILES string of the molecule is Oc1ccccc1.[Mo].c1ccccc1. The summed E-state index contributed by atoms with van der Waals surface area (Å²) in [5.74, 6) is 0.322. The zero-order valence-corrected chi connectivity index (χ0v) is 9.71. The molecule has 2 heteroatoms. The molecule has 0 spiro atoms. The predicted molar refractivity (Wildman–Crippen MR) is 54.5 cm³/mol. The number of phenolic OH excluding ortho intramolecular Hbond substituents is 1. The Morgan fingerprint density at radius 2 is 0.857 bits per heavy atom. The van der Waals surface area contributed by atoms with Gasteiger partial charge in [0.15, 0.2) is 0 Å². The van der Waals surface area contributed by atoms with Crippen LogP contribution < -0.4 is 0 Å². The monoisotopic (exact) mass is 270 g/mol. The summed E-state index contributed by atoms with van der Waals surface area (Å²) >= 11 is 0. The molecule has 0 heterocycles. The molecule has 0 radical (unpaired) electrons. The molecule has 0 fully saturated rings. The fourth-order valence-corrected chi connectivity index (χ4v) is 0.813. The number of benzene rings is 2.